The van der Waals surface area contributed by atoms with Gasteiger partial charge in [0.15, 0.2) is 6.04 Å². The number of carbonyl (C=O) groups excluding carboxylic acids is 2. The zero-order valence-electron chi connectivity index (χ0n) is 22.3. The summed E-state index contributed by atoms with van der Waals surface area (Å²) in [4.78, 5) is 35.7. The fourth-order valence-corrected chi connectivity index (χ4v) is 7.90. The molecule has 2 saturated heterocycles. The predicted molar refractivity (Wildman–Crippen MR) is 154 cm³/mol. The molecule has 2 atom stereocenters. The van der Waals surface area contributed by atoms with Crippen LogP contribution in [0.4, 0.5) is 5.69 Å². The van der Waals surface area contributed by atoms with Crippen molar-refractivity contribution in [2.45, 2.75) is 44.7 Å². The first-order chi connectivity index (χ1) is 19.0. The Morgan fingerprint density at radius 2 is 1.62 bits per heavy atom. The number of aromatic nitrogens is 1. The smallest absolute Gasteiger partial charge is 0.292 e. The Kier molecular flexibility index (Phi) is 6.30. The largest absolute Gasteiger partial charge is 0.323 e. The molecule has 1 aromatic heterocycles. The zero-order chi connectivity index (χ0) is 26.5. The van der Waals surface area contributed by atoms with Gasteiger partial charge in [0.25, 0.3) is 5.91 Å². The van der Waals surface area contributed by atoms with Gasteiger partial charge >= 0.3 is 0 Å². The van der Waals surface area contributed by atoms with E-state index in [1.54, 1.807) is 16.2 Å². The number of aryl methyl sites for hydroxylation is 2. The van der Waals surface area contributed by atoms with Crippen molar-refractivity contribution in [3.8, 4) is 10.6 Å². The van der Waals surface area contributed by atoms with Gasteiger partial charge in [-0.3, -0.25) is 9.59 Å². The lowest BCUT2D eigenvalue weighted by molar-refractivity contribution is -1.03. The van der Waals surface area contributed by atoms with Crippen molar-refractivity contribution < 1.29 is 19.4 Å². The summed E-state index contributed by atoms with van der Waals surface area (Å²) in [6.07, 6.45) is 3.87. The molecule has 2 N–H and O–H groups in total. The maximum atomic E-state index is 13.5. The van der Waals surface area contributed by atoms with Gasteiger partial charge in [0.05, 0.1) is 28.4 Å². The molecule has 0 unspecified atom stereocenters. The van der Waals surface area contributed by atoms with Gasteiger partial charge in [-0.15, -0.1) is 11.3 Å². The molecule has 198 valence electrons. The number of hydrogen-bond donors (Lipinski definition) is 2. The minimum Gasteiger partial charge on any atom is -0.323 e. The van der Waals surface area contributed by atoms with Crippen LogP contribution in [0.1, 0.15) is 29.5 Å². The first kappa shape index (κ1) is 24.6. The van der Waals surface area contributed by atoms with E-state index in [2.05, 4.69) is 49.4 Å². The van der Waals surface area contributed by atoms with E-state index in [4.69, 9.17) is 4.98 Å². The fraction of sp³-hybridized carbons (Fsp3) is 0.344. The lowest BCUT2D eigenvalue weighted by Crippen LogP contribution is -3.31. The van der Waals surface area contributed by atoms with Crippen LogP contribution in [-0.4, -0.2) is 55.1 Å². The summed E-state index contributed by atoms with van der Waals surface area (Å²) >= 11 is 1.67. The monoisotopic (exact) mass is 538 g/mol. The average molecular weight is 539 g/mol. The summed E-state index contributed by atoms with van der Waals surface area (Å²) in [6.45, 7) is 6.11. The van der Waals surface area contributed by atoms with Crippen molar-refractivity contribution >= 4 is 39.1 Å². The highest BCUT2D eigenvalue weighted by atomic mass is 32.1. The van der Waals surface area contributed by atoms with E-state index in [1.165, 1.54) is 44.0 Å². The van der Waals surface area contributed by atoms with E-state index >= 15 is 0 Å². The first-order valence-corrected chi connectivity index (χ1v) is 15.0. The molecular formula is C32H34N4O2S+2. The van der Waals surface area contributed by atoms with Crippen LogP contribution in [-0.2, 0) is 22.4 Å². The number of quaternary nitrogens is 2. The molecule has 2 aliphatic heterocycles. The van der Waals surface area contributed by atoms with E-state index in [0.717, 1.165) is 48.7 Å². The molecule has 6 nitrogen and oxygen atoms in total. The number of fused-ring (bicyclic) bond motifs is 2. The molecule has 4 aromatic rings. The summed E-state index contributed by atoms with van der Waals surface area (Å²) in [5.74, 6) is -0.132. The molecule has 0 radical (unpaired) electrons. The first-order valence-electron chi connectivity index (χ1n) is 14.1. The molecule has 3 heterocycles. The molecule has 7 heteroatoms. The second kappa shape index (κ2) is 9.97. The number of amides is 2. The van der Waals surface area contributed by atoms with Gasteiger partial charge in [0.1, 0.15) is 31.2 Å². The summed E-state index contributed by atoms with van der Waals surface area (Å²) in [6, 6.07) is 23.3. The van der Waals surface area contributed by atoms with Crippen molar-refractivity contribution in [2.24, 2.45) is 0 Å². The van der Waals surface area contributed by atoms with Crippen molar-refractivity contribution in [1.82, 2.24) is 4.98 Å². The van der Waals surface area contributed by atoms with Crippen LogP contribution >= 0.6 is 11.3 Å². The lowest BCUT2D eigenvalue weighted by Gasteiger charge is -2.37. The summed E-state index contributed by atoms with van der Waals surface area (Å²) < 4.78 is 1.17. The second-order valence-corrected chi connectivity index (χ2v) is 12.4. The maximum Gasteiger partial charge on any atom is 0.292 e. The molecule has 39 heavy (non-hydrogen) atoms. The minimum atomic E-state index is -0.265. The highest BCUT2D eigenvalue weighted by Crippen LogP contribution is 2.32. The fourth-order valence-electron chi connectivity index (χ4n) is 6.83. The van der Waals surface area contributed by atoms with Crippen LogP contribution in [0.25, 0.3) is 20.8 Å². The molecule has 7 rings (SSSR count). The van der Waals surface area contributed by atoms with E-state index in [1.807, 2.05) is 24.3 Å². The molecule has 0 bridgehead atoms. The summed E-state index contributed by atoms with van der Waals surface area (Å²) in [7, 11) is 0. The molecule has 0 spiro atoms. The van der Waals surface area contributed by atoms with Crippen molar-refractivity contribution in [1.29, 1.82) is 0 Å². The van der Waals surface area contributed by atoms with Crippen LogP contribution in [0.2, 0.25) is 0 Å². The quantitative estimate of drug-likeness (QED) is 0.392. The zero-order valence-corrected chi connectivity index (χ0v) is 23.1. The highest BCUT2D eigenvalue weighted by molar-refractivity contribution is 7.21. The number of piperazine rings is 1. The second-order valence-electron chi connectivity index (χ2n) is 11.4. The van der Waals surface area contributed by atoms with Crippen molar-refractivity contribution in [2.75, 3.05) is 31.1 Å². The number of rotatable bonds is 4. The van der Waals surface area contributed by atoms with Crippen LogP contribution in [0, 0.1) is 6.92 Å². The predicted octanol–water partition coefficient (Wildman–Crippen LogP) is 2.24. The van der Waals surface area contributed by atoms with E-state index in [0.29, 0.717) is 18.2 Å². The number of benzene rings is 3. The van der Waals surface area contributed by atoms with Gasteiger partial charge in [-0.2, -0.15) is 0 Å². The summed E-state index contributed by atoms with van der Waals surface area (Å²) in [5, 5.41) is 0.949. The molecule has 2 amide bonds. The molecule has 0 saturated carbocycles. The Labute approximate surface area is 232 Å². The van der Waals surface area contributed by atoms with Gasteiger partial charge in [-0.25, -0.2) is 9.88 Å². The molecule has 1 aliphatic carbocycles. The molecule has 3 aliphatic rings. The Hall–Kier alpha value is -3.39. The third-order valence-corrected chi connectivity index (χ3v) is 10.1. The average Bonchev–Trinajstić information content (AvgIpc) is 3.52. The Bertz CT molecular complexity index is 1550. The van der Waals surface area contributed by atoms with Gasteiger partial charge in [0.2, 0.25) is 5.91 Å². The number of nitrogens with one attached hydrogen (secondary N) is 2. The van der Waals surface area contributed by atoms with Crippen LogP contribution in [0.15, 0.2) is 66.7 Å². The Balaban J connectivity index is 1.01. The number of carbonyl (C=O) groups is 2. The van der Waals surface area contributed by atoms with Crippen molar-refractivity contribution in [3.05, 3.63) is 83.4 Å². The van der Waals surface area contributed by atoms with E-state index < -0.39 is 0 Å². The normalized spacial score (nSPS) is 25.3. The number of anilines is 1. The number of thiazole rings is 1. The third-order valence-electron chi connectivity index (χ3n) is 9.01. The maximum absolute atomic E-state index is 13.5. The number of imide groups is 1. The topological polar surface area (TPSA) is 59.1 Å². The SMILES string of the molecule is Cc1ccc2nc(-c3ccc(N4C(=O)C[C@@H]([NH+]5CC[NH+]([C@@H]6CCc7ccccc7C6)CC5)C4=O)cc3)sc2c1. The van der Waals surface area contributed by atoms with E-state index in [9.17, 15) is 9.59 Å². The van der Waals surface area contributed by atoms with Crippen LogP contribution in [0.3, 0.4) is 0 Å². The number of nitrogens with zero attached hydrogens (tertiary/aromatic N) is 2. The van der Waals surface area contributed by atoms with Crippen LogP contribution in [0.5, 0.6) is 0 Å². The Morgan fingerprint density at radius 1 is 0.872 bits per heavy atom. The number of hydrogen-bond acceptors (Lipinski definition) is 4. The summed E-state index contributed by atoms with van der Waals surface area (Å²) in [5.41, 5.74) is 6.90. The lowest BCUT2D eigenvalue weighted by atomic mass is 9.87. The van der Waals surface area contributed by atoms with Gasteiger partial charge in [-0.05, 0) is 66.4 Å². The minimum absolute atomic E-state index is 0.0479. The van der Waals surface area contributed by atoms with Gasteiger partial charge in [0, 0.05) is 18.4 Å². The molecular weight excluding hydrogens is 504 g/mol. The van der Waals surface area contributed by atoms with Gasteiger partial charge in [-0.1, -0.05) is 30.3 Å². The van der Waals surface area contributed by atoms with Crippen LogP contribution < -0.4 is 14.7 Å². The molecule has 2 fully saturated rings. The van der Waals surface area contributed by atoms with E-state index in [-0.39, 0.29) is 17.9 Å². The van der Waals surface area contributed by atoms with Gasteiger partial charge < -0.3 is 9.80 Å². The highest BCUT2D eigenvalue weighted by Gasteiger charge is 2.47. The van der Waals surface area contributed by atoms with Crippen molar-refractivity contribution in [3.63, 3.8) is 0 Å². The molecule has 3 aromatic carbocycles. The third kappa shape index (κ3) is 4.58. The Morgan fingerprint density at radius 3 is 2.41 bits per heavy atom. The standard InChI is InChI=1S/C32H32N4O2S/c1-21-6-13-27-29(18-21)39-31(33-27)23-8-10-25(11-9-23)36-30(37)20-28(32(36)38)35-16-14-34(15-17-35)26-12-7-22-4-2-3-5-24(22)19-26/h2-6,8-11,13,18,26,28H,7,12,14-17,19-20H2,1H3/p+2/t26-,28-/m1/s1.